The van der Waals surface area contributed by atoms with Gasteiger partial charge in [-0.1, -0.05) is 123 Å². The molecule has 0 radical (unpaired) electrons. The molecule has 0 amide bonds. The Morgan fingerprint density at radius 2 is 1.23 bits per heavy atom. The largest absolute Gasteiger partial charge is 0.455 e. The van der Waals surface area contributed by atoms with E-state index in [1.165, 1.54) is 43.8 Å². The zero-order valence-corrected chi connectivity index (χ0v) is 25.1. The van der Waals surface area contributed by atoms with E-state index in [-0.39, 0.29) is 5.41 Å². The highest BCUT2D eigenvalue weighted by atomic mass is 16.5. The van der Waals surface area contributed by atoms with E-state index in [0.717, 1.165) is 28.6 Å². The summed E-state index contributed by atoms with van der Waals surface area (Å²) in [5, 5.41) is 4.95. The Labute approximate surface area is 254 Å². The first kappa shape index (κ1) is 26.8. The van der Waals surface area contributed by atoms with Crippen LogP contribution in [0.2, 0.25) is 0 Å². The first-order valence-electron chi connectivity index (χ1n) is 15.0. The van der Waals surface area contributed by atoms with E-state index in [1.54, 1.807) is 0 Å². The Morgan fingerprint density at radius 1 is 0.628 bits per heavy atom. The molecule has 0 bridgehead atoms. The van der Waals surface area contributed by atoms with Crippen LogP contribution in [0.15, 0.2) is 157 Å². The number of fused-ring (bicyclic) bond motifs is 4. The van der Waals surface area contributed by atoms with E-state index in [4.69, 9.17) is 4.74 Å². The topological polar surface area (TPSA) is 12.5 Å². The van der Waals surface area contributed by atoms with Gasteiger partial charge in [0, 0.05) is 22.4 Å². The van der Waals surface area contributed by atoms with Crippen molar-refractivity contribution in [1.82, 2.24) is 0 Å². The van der Waals surface area contributed by atoms with Crippen molar-refractivity contribution < 1.29 is 4.74 Å². The first-order chi connectivity index (χ1) is 21.0. The van der Waals surface area contributed by atoms with E-state index in [0.29, 0.717) is 0 Å². The van der Waals surface area contributed by atoms with E-state index in [2.05, 4.69) is 172 Å². The molecule has 6 aromatic rings. The molecular formula is C41H35NO. The summed E-state index contributed by atoms with van der Waals surface area (Å²) < 4.78 is 6.78. The maximum Gasteiger partial charge on any atom is 0.150 e. The molecule has 7 rings (SSSR count). The monoisotopic (exact) mass is 557 g/mol. The lowest BCUT2D eigenvalue weighted by Gasteiger charge is -2.38. The second kappa shape index (κ2) is 10.6. The number of hydrogen-bond acceptors (Lipinski definition) is 2. The van der Waals surface area contributed by atoms with E-state index in [1.807, 2.05) is 0 Å². The van der Waals surface area contributed by atoms with E-state index in [9.17, 15) is 0 Å². The van der Waals surface area contributed by atoms with Crippen LogP contribution in [0.1, 0.15) is 33.3 Å². The van der Waals surface area contributed by atoms with Gasteiger partial charge >= 0.3 is 0 Å². The normalized spacial score (nSPS) is 14.5. The number of rotatable bonds is 5. The van der Waals surface area contributed by atoms with Crippen molar-refractivity contribution in [2.75, 3.05) is 4.90 Å². The molecule has 1 heterocycles. The third kappa shape index (κ3) is 4.60. The maximum absolute atomic E-state index is 6.78. The van der Waals surface area contributed by atoms with Crippen LogP contribution in [0.4, 0.5) is 11.4 Å². The van der Waals surface area contributed by atoms with Gasteiger partial charge in [-0.25, -0.2) is 0 Å². The molecule has 1 aliphatic heterocycles. The fourth-order valence-corrected chi connectivity index (χ4v) is 6.34. The Bertz CT molecular complexity index is 2030. The number of allylic oxidation sites excluding steroid dienone is 2. The lowest BCUT2D eigenvalue weighted by molar-refractivity contribution is 0.374. The lowest BCUT2D eigenvalue weighted by Crippen LogP contribution is -2.30. The molecule has 0 fully saturated rings. The highest BCUT2D eigenvalue weighted by molar-refractivity contribution is 6.08. The van der Waals surface area contributed by atoms with Crippen molar-refractivity contribution in [2.45, 2.75) is 33.1 Å². The summed E-state index contributed by atoms with van der Waals surface area (Å²) in [4.78, 5) is 2.35. The summed E-state index contributed by atoms with van der Waals surface area (Å²) in [5.74, 6) is 1.81. The summed E-state index contributed by atoms with van der Waals surface area (Å²) in [5.41, 5.74) is 7.82. The standard InChI is InChI=1S/C41H35NO/c1-5-38(40-28(2)41(3,4)37-17-11-12-18-39(37)43-40)42(33-24-21-30(22-25-33)29-13-7-6-8-14-29)34-26-23-32-20-19-31-15-9-10-16-35(31)36(32)27-34/h5-27H,1-4H3/b38-5+. The third-order valence-electron chi connectivity index (χ3n) is 9.02. The minimum atomic E-state index is -0.180. The molecule has 0 aliphatic carbocycles. The molecule has 2 heteroatoms. The second-order valence-electron chi connectivity index (χ2n) is 11.8. The predicted molar refractivity (Wildman–Crippen MR) is 182 cm³/mol. The predicted octanol–water partition coefficient (Wildman–Crippen LogP) is 11.3. The molecule has 43 heavy (non-hydrogen) atoms. The number of nitrogens with zero attached hydrogens (tertiary/aromatic N) is 1. The van der Waals surface area contributed by atoms with Gasteiger partial charge in [0.1, 0.15) is 5.75 Å². The van der Waals surface area contributed by atoms with Crippen molar-refractivity contribution >= 4 is 32.9 Å². The van der Waals surface area contributed by atoms with Gasteiger partial charge in [0.15, 0.2) is 5.76 Å². The quantitative estimate of drug-likeness (QED) is 0.195. The number of ether oxygens (including phenoxy) is 1. The molecule has 0 N–H and O–H groups in total. The van der Waals surface area contributed by atoms with E-state index >= 15 is 0 Å². The van der Waals surface area contributed by atoms with Crippen molar-refractivity contribution in [1.29, 1.82) is 0 Å². The van der Waals surface area contributed by atoms with Gasteiger partial charge in [-0.05, 0) is 82.4 Å². The van der Waals surface area contributed by atoms with Crippen molar-refractivity contribution in [3.05, 3.63) is 162 Å². The fraction of sp³-hybridized carbons (Fsp3) is 0.122. The van der Waals surface area contributed by atoms with Crippen molar-refractivity contribution in [3.8, 4) is 16.9 Å². The van der Waals surface area contributed by atoms with Crippen LogP contribution in [-0.4, -0.2) is 0 Å². The average molecular weight is 558 g/mol. The van der Waals surface area contributed by atoms with Crippen LogP contribution in [0.25, 0.3) is 32.7 Å². The van der Waals surface area contributed by atoms with Gasteiger partial charge in [-0.15, -0.1) is 0 Å². The first-order valence-corrected chi connectivity index (χ1v) is 15.0. The fourth-order valence-electron chi connectivity index (χ4n) is 6.34. The summed E-state index contributed by atoms with van der Waals surface area (Å²) in [6.45, 7) is 8.89. The summed E-state index contributed by atoms with van der Waals surface area (Å²) >= 11 is 0. The van der Waals surface area contributed by atoms with Crippen LogP contribution in [-0.2, 0) is 5.41 Å². The van der Waals surface area contributed by atoms with Gasteiger partial charge in [0.2, 0.25) is 0 Å². The third-order valence-corrected chi connectivity index (χ3v) is 9.02. The number of benzene rings is 6. The number of hydrogen-bond donors (Lipinski definition) is 0. The van der Waals surface area contributed by atoms with Crippen LogP contribution < -0.4 is 9.64 Å². The Hall–Kier alpha value is -5.08. The van der Waals surface area contributed by atoms with Gasteiger partial charge in [-0.3, -0.25) is 0 Å². The summed E-state index contributed by atoms with van der Waals surface area (Å²) in [7, 11) is 0. The highest BCUT2D eigenvalue weighted by Crippen LogP contribution is 2.47. The van der Waals surface area contributed by atoms with Crippen molar-refractivity contribution in [3.63, 3.8) is 0 Å². The lowest BCUT2D eigenvalue weighted by atomic mass is 9.75. The number of anilines is 2. The van der Waals surface area contributed by atoms with Gasteiger partial charge in [0.25, 0.3) is 0 Å². The average Bonchev–Trinajstić information content (AvgIpc) is 3.06. The molecule has 0 aromatic heterocycles. The molecule has 0 saturated carbocycles. The Kier molecular flexibility index (Phi) is 6.63. The van der Waals surface area contributed by atoms with Crippen LogP contribution in [0.3, 0.4) is 0 Å². The zero-order chi connectivity index (χ0) is 29.6. The molecule has 0 saturated heterocycles. The SMILES string of the molecule is C/C=C(\C1=C(C)C(C)(C)c2ccccc2O1)N(c1ccc(-c2ccccc2)cc1)c1ccc2ccc3ccccc3c2c1. The highest BCUT2D eigenvalue weighted by Gasteiger charge is 2.36. The van der Waals surface area contributed by atoms with Gasteiger partial charge in [0.05, 0.1) is 5.70 Å². The molecule has 2 nitrogen and oxygen atoms in total. The van der Waals surface area contributed by atoms with Gasteiger partial charge < -0.3 is 9.64 Å². The molecule has 210 valence electrons. The molecular weight excluding hydrogens is 522 g/mol. The minimum Gasteiger partial charge on any atom is -0.455 e. The van der Waals surface area contributed by atoms with Crippen molar-refractivity contribution in [2.24, 2.45) is 0 Å². The zero-order valence-electron chi connectivity index (χ0n) is 25.1. The molecule has 0 spiro atoms. The molecule has 0 unspecified atom stereocenters. The molecule has 0 atom stereocenters. The van der Waals surface area contributed by atoms with Crippen LogP contribution >= 0.6 is 0 Å². The number of para-hydroxylation sites is 1. The van der Waals surface area contributed by atoms with Crippen LogP contribution in [0.5, 0.6) is 5.75 Å². The smallest absolute Gasteiger partial charge is 0.150 e. The molecule has 1 aliphatic rings. The maximum atomic E-state index is 6.78. The Morgan fingerprint density at radius 3 is 2.00 bits per heavy atom. The molecule has 6 aromatic carbocycles. The summed E-state index contributed by atoms with van der Waals surface area (Å²) in [6.07, 6.45) is 2.18. The van der Waals surface area contributed by atoms with Crippen LogP contribution in [0, 0.1) is 0 Å². The summed E-state index contributed by atoms with van der Waals surface area (Å²) in [6, 6.07) is 47.6. The Balaban J connectivity index is 1.43. The van der Waals surface area contributed by atoms with E-state index < -0.39 is 0 Å². The van der Waals surface area contributed by atoms with Gasteiger partial charge in [-0.2, -0.15) is 0 Å². The minimum absolute atomic E-state index is 0.180. The second-order valence-corrected chi connectivity index (χ2v) is 11.8.